The molecule has 4 rings (SSSR count). The molecule has 8 heteroatoms. The Balaban J connectivity index is 1.59. The van der Waals surface area contributed by atoms with Crippen LogP contribution in [-0.2, 0) is 9.47 Å². The lowest BCUT2D eigenvalue weighted by atomic mass is 10.1. The molecule has 1 aromatic carbocycles. The zero-order valence-corrected chi connectivity index (χ0v) is 12.6. The van der Waals surface area contributed by atoms with E-state index in [1.807, 2.05) is 10.8 Å². The summed E-state index contributed by atoms with van der Waals surface area (Å²) in [5.41, 5.74) is 0.767. The van der Waals surface area contributed by atoms with Crippen molar-refractivity contribution in [3.8, 4) is 17.1 Å². The summed E-state index contributed by atoms with van der Waals surface area (Å²) in [4.78, 5) is 4.36. The number of hydrogen-bond acceptors (Lipinski definition) is 5. The van der Waals surface area contributed by atoms with Crippen LogP contribution in [-0.4, -0.2) is 52.8 Å². The van der Waals surface area contributed by atoms with Crippen molar-refractivity contribution in [2.24, 2.45) is 0 Å². The van der Waals surface area contributed by atoms with Gasteiger partial charge in [-0.1, -0.05) is 0 Å². The van der Waals surface area contributed by atoms with Crippen LogP contribution in [0, 0.1) is 0 Å². The SMILES string of the molecule is O[C@@H]1CO[C@H]2[C@@H]1OC[C@H]2n1ccnc1-c1ccc(OC(F)F)cc1. The molecule has 2 aromatic rings. The van der Waals surface area contributed by atoms with Crippen molar-refractivity contribution in [2.75, 3.05) is 13.2 Å². The molecule has 0 aliphatic carbocycles. The van der Waals surface area contributed by atoms with Crippen LogP contribution in [0.2, 0.25) is 0 Å². The fourth-order valence-corrected chi connectivity index (χ4v) is 3.29. The molecule has 24 heavy (non-hydrogen) atoms. The number of hydrogen-bond donors (Lipinski definition) is 1. The van der Waals surface area contributed by atoms with Crippen molar-refractivity contribution in [1.29, 1.82) is 0 Å². The van der Waals surface area contributed by atoms with Crippen molar-refractivity contribution >= 4 is 0 Å². The molecule has 3 heterocycles. The number of nitrogens with zero attached hydrogens (tertiary/aromatic N) is 2. The maximum absolute atomic E-state index is 12.2. The Labute approximate surface area is 136 Å². The minimum atomic E-state index is -2.85. The van der Waals surface area contributed by atoms with Gasteiger partial charge in [0.2, 0.25) is 0 Å². The molecule has 2 aliphatic heterocycles. The van der Waals surface area contributed by atoms with Gasteiger partial charge < -0.3 is 23.9 Å². The Kier molecular flexibility index (Phi) is 3.95. The van der Waals surface area contributed by atoms with Crippen molar-refractivity contribution in [2.45, 2.75) is 31.0 Å². The standard InChI is InChI=1S/C16H16F2N2O4/c17-16(18)24-10-3-1-9(2-4-10)15-19-5-6-20(15)11-7-22-14-12(21)8-23-13(11)14/h1-6,11-14,16,21H,7-8H2/t11-,12-,13-,14-/m1/s1. The molecular weight excluding hydrogens is 322 g/mol. The molecule has 0 spiro atoms. The molecule has 2 saturated heterocycles. The first-order chi connectivity index (χ1) is 11.6. The molecule has 4 atom stereocenters. The van der Waals surface area contributed by atoms with Crippen LogP contribution in [0.15, 0.2) is 36.7 Å². The third-order valence-electron chi connectivity index (χ3n) is 4.36. The van der Waals surface area contributed by atoms with Gasteiger partial charge in [-0.2, -0.15) is 8.78 Å². The largest absolute Gasteiger partial charge is 0.435 e. The summed E-state index contributed by atoms with van der Waals surface area (Å²) in [6.45, 7) is -2.17. The molecule has 1 N–H and O–H groups in total. The third kappa shape index (κ3) is 2.66. The Morgan fingerprint density at radius 2 is 1.92 bits per heavy atom. The van der Waals surface area contributed by atoms with Gasteiger partial charge in [0.05, 0.1) is 19.3 Å². The van der Waals surface area contributed by atoms with Gasteiger partial charge in [0.15, 0.2) is 0 Å². The van der Waals surface area contributed by atoms with Gasteiger partial charge in [-0.25, -0.2) is 4.98 Å². The molecule has 0 bridgehead atoms. The molecule has 0 amide bonds. The lowest BCUT2D eigenvalue weighted by Crippen LogP contribution is -2.30. The molecule has 0 radical (unpaired) electrons. The van der Waals surface area contributed by atoms with Gasteiger partial charge in [0.25, 0.3) is 0 Å². The van der Waals surface area contributed by atoms with E-state index >= 15 is 0 Å². The number of halogens is 2. The van der Waals surface area contributed by atoms with E-state index in [0.29, 0.717) is 12.4 Å². The quantitative estimate of drug-likeness (QED) is 0.922. The fraction of sp³-hybridized carbons (Fsp3) is 0.438. The van der Waals surface area contributed by atoms with Crippen molar-refractivity contribution in [1.82, 2.24) is 9.55 Å². The number of benzene rings is 1. The zero-order valence-electron chi connectivity index (χ0n) is 12.6. The molecule has 2 fully saturated rings. The van der Waals surface area contributed by atoms with Crippen LogP contribution in [0.4, 0.5) is 8.78 Å². The summed E-state index contributed by atoms with van der Waals surface area (Å²) in [6.07, 6.45) is 2.32. The molecule has 0 saturated carbocycles. The van der Waals surface area contributed by atoms with Crippen LogP contribution >= 0.6 is 0 Å². The summed E-state index contributed by atoms with van der Waals surface area (Å²) in [5, 5.41) is 9.85. The molecule has 0 unspecified atom stereocenters. The molecule has 1 aromatic heterocycles. The second-order valence-corrected chi connectivity index (χ2v) is 5.79. The number of aliphatic hydroxyl groups is 1. The number of ether oxygens (including phenoxy) is 3. The summed E-state index contributed by atoms with van der Waals surface area (Å²) in [5.74, 6) is 0.774. The number of rotatable bonds is 4. The number of aliphatic hydroxyl groups excluding tert-OH is 1. The molecule has 128 valence electrons. The van der Waals surface area contributed by atoms with Crippen molar-refractivity contribution in [3.05, 3.63) is 36.7 Å². The van der Waals surface area contributed by atoms with E-state index < -0.39 is 12.7 Å². The number of aromatic nitrogens is 2. The van der Waals surface area contributed by atoms with Gasteiger partial charge in [0.1, 0.15) is 29.9 Å². The van der Waals surface area contributed by atoms with E-state index in [-0.39, 0.29) is 30.6 Å². The van der Waals surface area contributed by atoms with Crippen molar-refractivity contribution < 1.29 is 28.1 Å². The van der Waals surface area contributed by atoms with E-state index in [9.17, 15) is 13.9 Å². The summed E-state index contributed by atoms with van der Waals surface area (Å²) in [6, 6.07) is 6.21. The maximum atomic E-state index is 12.2. The van der Waals surface area contributed by atoms with Gasteiger partial charge in [-0.3, -0.25) is 0 Å². The highest BCUT2D eigenvalue weighted by molar-refractivity contribution is 5.57. The Hall–Kier alpha value is -2.03. The Morgan fingerprint density at radius 1 is 1.17 bits per heavy atom. The first-order valence-corrected chi connectivity index (χ1v) is 7.63. The maximum Gasteiger partial charge on any atom is 0.387 e. The second kappa shape index (κ2) is 6.12. The topological polar surface area (TPSA) is 65.7 Å². The van der Waals surface area contributed by atoms with E-state index in [0.717, 1.165) is 5.56 Å². The van der Waals surface area contributed by atoms with Gasteiger partial charge in [-0.05, 0) is 24.3 Å². The highest BCUT2D eigenvalue weighted by atomic mass is 19.3. The normalized spacial score (nSPS) is 29.2. The summed E-state index contributed by atoms with van der Waals surface area (Å²) >= 11 is 0. The predicted octanol–water partition coefficient (Wildman–Crippen LogP) is 1.85. The number of imidazole rings is 1. The average Bonchev–Trinajstić information content (AvgIpc) is 3.25. The lowest BCUT2D eigenvalue weighted by molar-refractivity contribution is -0.0498. The first kappa shape index (κ1) is 15.5. The number of fused-ring (bicyclic) bond motifs is 1. The van der Waals surface area contributed by atoms with Crippen molar-refractivity contribution in [3.63, 3.8) is 0 Å². The highest BCUT2D eigenvalue weighted by Gasteiger charge is 2.48. The second-order valence-electron chi connectivity index (χ2n) is 5.79. The fourth-order valence-electron chi connectivity index (χ4n) is 3.29. The van der Waals surface area contributed by atoms with E-state index in [4.69, 9.17) is 9.47 Å². The van der Waals surface area contributed by atoms with Crippen LogP contribution in [0.1, 0.15) is 6.04 Å². The van der Waals surface area contributed by atoms with E-state index in [2.05, 4.69) is 9.72 Å². The number of alkyl halides is 2. The van der Waals surface area contributed by atoms with Crippen LogP contribution < -0.4 is 4.74 Å². The highest BCUT2D eigenvalue weighted by Crippen LogP contribution is 2.36. The zero-order chi connectivity index (χ0) is 16.7. The van der Waals surface area contributed by atoms with E-state index in [1.165, 1.54) is 12.1 Å². The van der Waals surface area contributed by atoms with Crippen LogP contribution in [0.25, 0.3) is 11.4 Å². The molecule has 6 nitrogen and oxygen atoms in total. The smallest absolute Gasteiger partial charge is 0.387 e. The summed E-state index contributed by atoms with van der Waals surface area (Å²) < 4.78 is 42.1. The lowest BCUT2D eigenvalue weighted by Gasteiger charge is -2.19. The summed E-state index contributed by atoms with van der Waals surface area (Å²) in [7, 11) is 0. The van der Waals surface area contributed by atoms with Crippen LogP contribution in [0.3, 0.4) is 0 Å². The Morgan fingerprint density at radius 3 is 2.67 bits per heavy atom. The monoisotopic (exact) mass is 338 g/mol. The predicted molar refractivity (Wildman–Crippen MR) is 78.8 cm³/mol. The minimum Gasteiger partial charge on any atom is -0.435 e. The minimum absolute atomic E-state index is 0.0957. The Bertz CT molecular complexity index is 706. The first-order valence-electron chi connectivity index (χ1n) is 7.63. The average molecular weight is 338 g/mol. The van der Waals surface area contributed by atoms with Gasteiger partial charge in [0, 0.05) is 18.0 Å². The molecule has 2 aliphatic rings. The van der Waals surface area contributed by atoms with Gasteiger partial charge in [-0.15, -0.1) is 0 Å². The van der Waals surface area contributed by atoms with Crippen LogP contribution in [0.5, 0.6) is 5.75 Å². The van der Waals surface area contributed by atoms with Gasteiger partial charge >= 0.3 is 6.61 Å². The van der Waals surface area contributed by atoms with E-state index in [1.54, 1.807) is 18.3 Å². The molecular formula is C16H16F2N2O4. The third-order valence-corrected chi connectivity index (χ3v) is 4.36.